The van der Waals surface area contributed by atoms with E-state index in [9.17, 15) is 9.59 Å². The molecule has 0 bridgehead atoms. The quantitative estimate of drug-likeness (QED) is 0.856. The first kappa shape index (κ1) is 17.8. The summed E-state index contributed by atoms with van der Waals surface area (Å²) in [5.74, 6) is 0.101. The van der Waals surface area contributed by atoms with Crippen LogP contribution >= 0.6 is 0 Å². The number of hydrogen-bond acceptors (Lipinski definition) is 5. The Morgan fingerprint density at radius 3 is 2.62 bits per heavy atom. The van der Waals surface area contributed by atoms with Crippen LogP contribution in [0.1, 0.15) is 40.5 Å². The lowest BCUT2D eigenvalue weighted by atomic mass is 9.90. The number of aromatic nitrogens is 1. The van der Waals surface area contributed by atoms with Crippen molar-refractivity contribution in [3.05, 3.63) is 65.0 Å². The number of nitrogens with zero attached hydrogens (tertiary/aromatic N) is 3. The molecule has 0 aliphatic carbocycles. The molecule has 0 saturated carbocycles. The van der Waals surface area contributed by atoms with Crippen LogP contribution < -0.4 is 5.73 Å². The van der Waals surface area contributed by atoms with E-state index in [2.05, 4.69) is 9.98 Å². The number of amides is 1. The standard InChI is InChI=1S/C20H22N4O2/c1-13-4-6-15(7-5-13)16(25)10-14-8-9-22-17(11-14)20(2)12-18(26)24(3)19(21)23-20/h4-9,11H,10,12H2,1-3H3,(H2,21,23). The molecule has 1 unspecified atom stereocenters. The van der Waals surface area contributed by atoms with Crippen LogP contribution in [0.2, 0.25) is 0 Å². The number of nitrogens with two attached hydrogens (primary N) is 1. The van der Waals surface area contributed by atoms with Crippen molar-refractivity contribution in [2.45, 2.75) is 32.2 Å². The molecule has 1 aromatic carbocycles. The summed E-state index contributed by atoms with van der Waals surface area (Å²) in [5.41, 5.74) is 8.30. The molecule has 3 rings (SSSR count). The highest BCUT2D eigenvalue weighted by atomic mass is 16.2. The van der Waals surface area contributed by atoms with Crippen LogP contribution in [-0.4, -0.2) is 34.6 Å². The molecule has 1 aliphatic rings. The average molecular weight is 350 g/mol. The molecule has 0 spiro atoms. The van der Waals surface area contributed by atoms with Crippen molar-refractivity contribution in [2.75, 3.05) is 7.05 Å². The maximum absolute atomic E-state index is 12.5. The predicted molar refractivity (Wildman–Crippen MR) is 99.8 cm³/mol. The zero-order valence-electron chi connectivity index (χ0n) is 15.2. The summed E-state index contributed by atoms with van der Waals surface area (Å²) in [7, 11) is 1.60. The first-order valence-electron chi connectivity index (χ1n) is 8.46. The van der Waals surface area contributed by atoms with Gasteiger partial charge in [-0.25, -0.2) is 4.99 Å². The molecule has 26 heavy (non-hydrogen) atoms. The van der Waals surface area contributed by atoms with E-state index in [-0.39, 0.29) is 30.5 Å². The van der Waals surface area contributed by atoms with Crippen LogP contribution in [0, 0.1) is 6.92 Å². The lowest BCUT2D eigenvalue weighted by Gasteiger charge is -2.32. The summed E-state index contributed by atoms with van der Waals surface area (Å²) in [5, 5.41) is 0. The van der Waals surface area contributed by atoms with E-state index >= 15 is 0 Å². The van der Waals surface area contributed by atoms with Gasteiger partial charge >= 0.3 is 0 Å². The largest absolute Gasteiger partial charge is 0.369 e. The summed E-state index contributed by atoms with van der Waals surface area (Å²) >= 11 is 0. The van der Waals surface area contributed by atoms with Crippen molar-refractivity contribution in [3.63, 3.8) is 0 Å². The zero-order valence-corrected chi connectivity index (χ0v) is 15.2. The molecule has 6 heteroatoms. The van der Waals surface area contributed by atoms with E-state index in [4.69, 9.17) is 5.73 Å². The molecule has 0 fully saturated rings. The van der Waals surface area contributed by atoms with Gasteiger partial charge in [0.05, 0.1) is 12.1 Å². The number of Topliss-reactive ketones (excluding diaryl/α,β-unsaturated/α-hetero) is 1. The van der Waals surface area contributed by atoms with Crippen LogP contribution in [0.3, 0.4) is 0 Å². The normalized spacial score (nSPS) is 20.0. The highest BCUT2D eigenvalue weighted by Crippen LogP contribution is 2.31. The fraction of sp³-hybridized carbons (Fsp3) is 0.300. The maximum Gasteiger partial charge on any atom is 0.231 e. The SMILES string of the molecule is Cc1ccc(C(=O)Cc2ccnc(C3(C)CC(=O)N(C)C(N)=N3)c2)cc1. The van der Waals surface area contributed by atoms with Crippen molar-refractivity contribution < 1.29 is 9.59 Å². The summed E-state index contributed by atoms with van der Waals surface area (Å²) in [6.07, 6.45) is 2.10. The predicted octanol–water partition coefficient (Wildman–Crippen LogP) is 2.21. The number of pyridine rings is 1. The first-order valence-corrected chi connectivity index (χ1v) is 8.46. The molecule has 1 amide bonds. The fourth-order valence-electron chi connectivity index (χ4n) is 2.96. The number of carbonyl (C=O) groups excluding carboxylic acids is 2. The van der Waals surface area contributed by atoms with Crippen LogP contribution in [-0.2, 0) is 16.8 Å². The number of carbonyl (C=O) groups is 2. The van der Waals surface area contributed by atoms with Crippen molar-refractivity contribution >= 4 is 17.6 Å². The number of aliphatic imine (C=N–C) groups is 1. The Hall–Kier alpha value is -3.02. The lowest BCUT2D eigenvalue weighted by molar-refractivity contribution is -0.128. The Labute approximate surface area is 152 Å². The van der Waals surface area contributed by atoms with Crippen LogP contribution in [0.4, 0.5) is 0 Å². The maximum atomic E-state index is 12.5. The molecule has 0 radical (unpaired) electrons. The van der Waals surface area contributed by atoms with Gasteiger partial charge in [0, 0.05) is 25.2 Å². The van der Waals surface area contributed by atoms with Crippen LogP contribution in [0.15, 0.2) is 47.6 Å². The third kappa shape index (κ3) is 3.49. The Bertz CT molecular complexity index is 889. The Balaban J connectivity index is 1.85. The molecule has 6 nitrogen and oxygen atoms in total. The number of rotatable bonds is 4. The number of aryl methyl sites for hydroxylation is 1. The second kappa shape index (κ2) is 6.71. The average Bonchev–Trinajstić information content (AvgIpc) is 2.60. The van der Waals surface area contributed by atoms with Gasteiger partial charge in [0.25, 0.3) is 0 Å². The molecule has 1 aromatic heterocycles. The number of ketones is 1. The second-order valence-corrected chi connectivity index (χ2v) is 6.89. The van der Waals surface area contributed by atoms with E-state index in [1.807, 2.05) is 50.2 Å². The molecular formula is C20H22N4O2. The molecule has 2 heterocycles. The Morgan fingerprint density at radius 2 is 1.96 bits per heavy atom. The Kier molecular flexibility index (Phi) is 4.59. The van der Waals surface area contributed by atoms with E-state index in [0.29, 0.717) is 11.3 Å². The fourth-order valence-corrected chi connectivity index (χ4v) is 2.96. The van der Waals surface area contributed by atoms with Gasteiger partial charge in [0.1, 0.15) is 5.54 Å². The third-order valence-corrected chi connectivity index (χ3v) is 4.69. The summed E-state index contributed by atoms with van der Waals surface area (Å²) in [4.78, 5) is 34.8. The number of guanidine groups is 1. The molecule has 1 atom stereocenters. The van der Waals surface area contributed by atoms with E-state index in [0.717, 1.165) is 11.1 Å². The molecule has 134 valence electrons. The van der Waals surface area contributed by atoms with Crippen LogP contribution in [0.25, 0.3) is 0 Å². The van der Waals surface area contributed by atoms with E-state index in [1.165, 1.54) is 4.90 Å². The summed E-state index contributed by atoms with van der Waals surface area (Å²) in [6, 6.07) is 11.2. The third-order valence-electron chi connectivity index (χ3n) is 4.69. The van der Waals surface area contributed by atoms with Gasteiger partial charge in [-0.05, 0) is 31.5 Å². The van der Waals surface area contributed by atoms with Gasteiger partial charge in [0.15, 0.2) is 11.7 Å². The van der Waals surface area contributed by atoms with E-state index in [1.54, 1.807) is 13.2 Å². The van der Waals surface area contributed by atoms with Gasteiger partial charge in [-0.1, -0.05) is 29.8 Å². The van der Waals surface area contributed by atoms with Gasteiger partial charge < -0.3 is 5.73 Å². The number of benzene rings is 1. The van der Waals surface area contributed by atoms with Gasteiger partial charge in [-0.3, -0.25) is 19.5 Å². The van der Waals surface area contributed by atoms with Gasteiger partial charge in [0.2, 0.25) is 5.91 Å². The van der Waals surface area contributed by atoms with Crippen molar-refractivity contribution in [3.8, 4) is 0 Å². The smallest absolute Gasteiger partial charge is 0.231 e. The topological polar surface area (TPSA) is 88.7 Å². The van der Waals surface area contributed by atoms with Gasteiger partial charge in [-0.2, -0.15) is 0 Å². The lowest BCUT2D eigenvalue weighted by Crippen LogP contribution is -2.47. The summed E-state index contributed by atoms with van der Waals surface area (Å²) in [6.45, 7) is 3.82. The van der Waals surface area contributed by atoms with Crippen molar-refractivity contribution in [1.82, 2.24) is 9.88 Å². The minimum atomic E-state index is -0.823. The molecule has 2 aromatic rings. The van der Waals surface area contributed by atoms with Crippen molar-refractivity contribution in [1.29, 1.82) is 0 Å². The first-order chi connectivity index (χ1) is 12.3. The van der Waals surface area contributed by atoms with Crippen molar-refractivity contribution in [2.24, 2.45) is 10.7 Å². The highest BCUT2D eigenvalue weighted by Gasteiger charge is 2.37. The monoisotopic (exact) mass is 350 g/mol. The van der Waals surface area contributed by atoms with Gasteiger partial charge in [-0.15, -0.1) is 0 Å². The second-order valence-electron chi connectivity index (χ2n) is 6.89. The zero-order chi connectivity index (χ0) is 18.9. The molecule has 1 aliphatic heterocycles. The Morgan fingerprint density at radius 1 is 1.27 bits per heavy atom. The van der Waals surface area contributed by atoms with Crippen LogP contribution in [0.5, 0.6) is 0 Å². The van der Waals surface area contributed by atoms with E-state index < -0.39 is 5.54 Å². The minimum Gasteiger partial charge on any atom is -0.369 e. The molecule has 0 saturated heterocycles. The minimum absolute atomic E-state index is 0.0368. The molecule has 2 N–H and O–H groups in total. The molecular weight excluding hydrogens is 328 g/mol. The highest BCUT2D eigenvalue weighted by molar-refractivity contribution is 5.99. The number of hydrogen-bond donors (Lipinski definition) is 1. The summed E-state index contributed by atoms with van der Waals surface area (Å²) < 4.78 is 0.